The Labute approximate surface area is 116 Å². The molecule has 2 atom stereocenters. The molecule has 2 rings (SSSR count). The van der Waals surface area contributed by atoms with Gasteiger partial charge in [0.2, 0.25) is 5.91 Å². The van der Waals surface area contributed by atoms with Crippen LogP contribution < -0.4 is 5.73 Å². The number of hydrogen-bond donors (Lipinski definition) is 1. The highest BCUT2D eigenvalue weighted by Crippen LogP contribution is 2.32. The van der Waals surface area contributed by atoms with Gasteiger partial charge in [-0.05, 0) is 37.5 Å². The third-order valence-corrected chi connectivity index (χ3v) is 4.51. The van der Waals surface area contributed by atoms with Crippen LogP contribution in [0.2, 0.25) is 0 Å². The number of halogens is 1. The first-order chi connectivity index (χ1) is 8.54. The normalized spacial score (nSPS) is 24.4. The van der Waals surface area contributed by atoms with Gasteiger partial charge >= 0.3 is 0 Å². The van der Waals surface area contributed by atoms with Gasteiger partial charge in [0, 0.05) is 23.5 Å². The summed E-state index contributed by atoms with van der Waals surface area (Å²) in [6, 6.07) is 6.26. The van der Waals surface area contributed by atoms with Crippen LogP contribution in [0.1, 0.15) is 36.9 Å². The molecule has 3 nitrogen and oxygen atoms in total. The Balaban J connectivity index is 2.38. The minimum absolute atomic E-state index is 0.0167. The molecule has 0 aliphatic carbocycles. The summed E-state index contributed by atoms with van der Waals surface area (Å²) in [5.74, 6) is 0.213. The van der Waals surface area contributed by atoms with Gasteiger partial charge in [-0.3, -0.25) is 4.79 Å². The zero-order valence-corrected chi connectivity index (χ0v) is 12.4. The predicted molar refractivity (Wildman–Crippen MR) is 76.2 cm³/mol. The molecular weight excluding hydrogens is 292 g/mol. The molecule has 0 saturated carbocycles. The van der Waals surface area contributed by atoms with E-state index in [0.717, 1.165) is 16.5 Å². The van der Waals surface area contributed by atoms with Crippen LogP contribution in [0.3, 0.4) is 0 Å². The van der Waals surface area contributed by atoms with Crippen LogP contribution in [0.5, 0.6) is 0 Å². The number of aryl methyl sites for hydroxylation is 1. The molecule has 1 fully saturated rings. The number of piperidine rings is 1. The van der Waals surface area contributed by atoms with Gasteiger partial charge in [-0.2, -0.15) is 0 Å². The van der Waals surface area contributed by atoms with E-state index in [1.54, 1.807) is 0 Å². The number of carbonyl (C=O) groups is 1. The van der Waals surface area contributed by atoms with Crippen molar-refractivity contribution < 1.29 is 4.79 Å². The van der Waals surface area contributed by atoms with E-state index < -0.39 is 0 Å². The zero-order chi connectivity index (χ0) is 13.3. The van der Waals surface area contributed by atoms with Crippen LogP contribution in [0.15, 0.2) is 22.7 Å². The smallest absolute Gasteiger partial charge is 0.223 e. The minimum Gasteiger partial charge on any atom is -0.334 e. The van der Waals surface area contributed by atoms with E-state index in [4.69, 9.17) is 5.73 Å². The maximum atomic E-state index is 12.0. The van der Waals surface area contributed by atoms with E-state index >= 15 is 0 Å². The molecule has 1 amide bonds. The van der Waals surface area contributed by atoms with Gasteiger partial charge in [0.15, 0.2) is 0 Å². The molecule has 1 saturated heterocycles. The Morgan fingerprint density at radius 1 is 1.50 bits per heavy atom. The average molecular weight is 311 g/mol. The topological polar surface area (TPSA) is 46.3 Å². The molecule has 1 aromatic carbocycles. The molecule has 0 radical (unpaired) electrons. The number of likely N-dealkylation sites (N-methyl/N-ethyl adjacent to an activating group) is 1. The molecular formula is C14H19BrN2O. The van der Waals surface area contributed by atoms with Crippen molar-refractivity contribution in [3.63, 3.8) is 0 Å². The van der Waals surface area contributed by atoms with E-state index in [1.165, 1.54) is 5.56 Å². The van der Waals surface area contributed by atoms with Crippen LogP contribution in [0.25, 0.3) is 0 Å². The highest BCUT2D eigenvalue weighted by molar-refractivity contribution is 9.10. The molecule has 0 aromatic heterocycles. The number of likely N-dealkylation sites (tertiary alicyclic amines) is 1. The number of nitrogens with two attached hydrogens (primary N) is 1. The average Bonchev–Trinajstić information content (AvgIpc) is 2.35. The lowest BCUT2D eigenvalue weighted by Crippen LogP contribution is -2.48. The highest BCUT2D eigenvalue weighted by Gasteiger charge is 2.33. The molecule has 0 bridgehead atoms. The Morgan fingerprint density at radius 2 is 2.22 bits per heavy atom. The Bertz CT molecular complexity index is 461. The molecule has 0 spiro atoms. The fraction of sp³-hybridized carbons (Fsp3) is 0.500. The quantitative estimate of drug-likeness (QED) is 0.913. The van der Waals surface area contributed by atoms with E-state index in [0.29, 0.717) is 13.0 Å². The second-order valence-corrected chi connectivity index (χ2v) is 5.69. The van der Waals surface area contributed by atoms with Crippen LogP contribution >= 0.6 is 15.9 Å². The first-order valence-corrected chi connectivity index (χ1v) is 7.15. The maximum absolute atomic E-state index is 12.0. The second kappa shape index (κ2) is 5.41. The minimum atomic E-state index is 0.0167. The number of benzene rings is 1. The van der Waals surface area contributed by atoms with Crippen molar-refractivity contribution in [2.45, 2.75) is 38.8 Å². The van der Waals surface area contributed by atoms with Crippen molar-refractivity contribution >= 4 is 21.8 Å². The van der Waals surface area contributed by atoms with Gasteiger partial charge in [-0.1, -0.05) is 28.1 Å². The molecule has 2 unspecified atom stereocenters. The fourth-order valence-electron chi connectivity index (χ4n) is 2.63. The van der Waals surface area contributed by atoms with Crippen molar-refractivity contribution in [1.82, 2.24) is 4.90 Å². The van der Waals surface area contributed by atoms with Crippen LogP contribution in [0.4, 0.5) is 0 Å². The summed E-state index contributed by atoms with van der Waals surface area (Å²) in [6.07, 6.45) is 1.34. The Hall–Kier alpha value is -0.870. The summed E-state index contributed by atoms with van der Waals surface area (Å²) in [5.41, 5.74) is 8.53. The van der Waals surface area contributed by atoms with Gasteiger partial charge in [0.05, 0.1) is 6.04 Å². The summed E-state index contributed by atoms with van der Waals surface area (Å²) in [4.78, 5) is 13.9. The summed E-state index contributed by atoms with van der Waals surface area (Å²) in [5, 5.41) is 0. The molecule has 18 heavy (non-hydrogen) atoms. The van der Waals surface area contributed by atoms with E-state index in [-0.39, 0.29) is 18.0 Å². The molecule has 1 aliphatic rings. The molecule has 1 aliphatic heterocycles. The van der Waals surface area contributed by atoms with Crippen molar-refractivity contribution in [1.29, 1.82) is 0 Å². The summed E-state index contributed by atoms with van der Waals surface area (Å²) in [6.45, 7) is 4.78. The summed E-state index contributed by atoms with van der Waals surface area (Å²) >= 11 is 3.50. The van der Waals surface area contributed by atoms with Gasteiger partial charge in [-0.25, -0.2) is 0 Å². The zero-order valence-electron chi connectivity index (χ0n) is 10.8. The maximum Gasteiger partial charge on any atom is 0.223 e. The SMILES string of the molecule is CCN1C(=O)CCC(N)C1c1ccc(Br)c(C)c1. The van der Waals surface area contributed by atoms with Crippen molar-refractivity contribution in [2.24, 2.45) is 5.73 Å². The third kappa shape index (κ3) is 2.45. The van der Waals surface area contributed by atoms with Crippen LogP contribution in [-0.2, 0) is 4.79 Å². The number of carbonyl (C=O) groups excluding carboxylic acids is 1. The van der Waals surface area contributed by atoms with Crippen molar-refractivity contribution in [3.05, 3.63) is 33.8 Å². The summed E-state index contributed by atoms with van der Waals surface area (Å²) in [7, 11) is 0. The number of rotatable bonds is 2. The fourth-order valence-corrected chi connectivity index (χ4v) is 2.88. The number of nitrogens with zero attached hydrogens (tertiary/aromatic N) is 1. The second-order valence-electron chi connectivity index (χ2n) is 4.84. The summed E-state index contributed by atoms with van der Waals surface area (Å²) < 4.78 is 1.09. The van der Waals surface area contributed by atoms with Gasteiger partial charge in [-0.15, -0.1) is 0 Å². The van der Waals surface area contributed by atoms with Crippen LogP contribution in [-0.4, -0.2) is 23.4 Å². The molecule has 2 N–H and O–H groups in total. The van der Waals surface area contributed by atoms with E-state index in [1.807, 2.05) is 17.9 Å². The van der Waals surface area contributed by atoms with E-state index in [2.05, 4.69) is 35.0 Å². The molecule has 1 aromatic rings. The number of amides is 1. The monoisotopic (exact) mass is 310 g/mol. The molecule has 1 heterocycles. The highest BCUT2D eigenvalue weighted by atomic mass is 79.9. The third-order valence-electron chi connectivity index (χ3n) is 3.62. The Kier molecular flexibility index (Phi) is 4.07. The Morgan fingerprint density at radius 3 is 2.83 bits per heavy atom. The number of hydrogen-bond acceptors (Lipinski definition) is 2. The first-order valence-electron chi connectivity index (χ1n) is 6.35. The van der Waals surface area contributed by atoms with E-state index in [9.17, 15) is 4.79 Å². The van der Waals surface area contributed by atoms with Crippen LogP contribution in [0, 0.1) is 6.92 Å². The lowest BCUT2D eigenvalue weighted by Gasteiger charge is -2.39. The lowest BCUT2D eigenvalue weighted by molar-refractivity contribution is -0.137. The standard InChI is InChI=1S/C14H19BrN2O/c1-3-17-13(18)7-6-12(16)14(17)10-4-5-11(15)9(2)8-10/h4-5,8,12,14H,3,6-7,16H2,1-2H3. The lowest BCUT2D eigenvalue weighted by atomic mass is 9.90. The molecule has 4 heteroatoms. The van der Waals surface area contributed by atoms with Crippen molar-refractivity contribution in [2.75, 3.05) is 6.54 Å². The first kappa shape index (κ1) is 13.6. The largest absolute Gasteiger partial charge is 0.334 e. The van der Waals surface area contributed by atoms with Gasteiger partial charge in [0.25, 0.3) is 0 Å². The van der Waals surface area contributed by atoms with Gasteiger partial charge in [0.1, 0.15) is 0 Å². The van der Waals surface area contributed by atoms with Gasteiger partial charge < -0.3 is 10.6 Å². The molecule has 98 valence electrons. The van der Waals surface area contributed by atoms with Crippen molar-refractivity contribution in [3.8, 4) is 0 Å². The predicted octanol–water partition coefficient (Wildman–Crippen LogP) is 2.77.